The van der Waals surface area contributed by atoms with Crippen molar-refractivity contribution in [3.8, 4) is 0 Å². The minimum Gasteiger partial charge on any atom is -0.310 e. The van der Waals surface area contributed by atoms with Gasteiger partial charge in [-0.25, -0.2) is 0 Å². The maximum Gasteiger partial charge on any atom is 0.133 e. The topological polar surface area (TPSA) is 29.1 Å². The van der Waals surface area contributed by atoms with Gasteiger partial charge >= 0.3 is 0 Å². The number of hydrogen-bond acceptors (Lipinski definition) is 2. The monoisotopic (exact) mass is 155 g/mol. The van der Waals surface area contributed by atoms with Crippen LogP contribution in [0.1, 0.15) is 32.1 Å². The number of aldehydes is 1. The van der Waals surface area contributed by atoms with Gasteiger partial charge in [0.2, 0.25) is 0 Å². The molecule has 11 heavy (non-hydrogen) atoms. The van der Waals surface area contributed by atoms with Gasteiger partial charge in [0.05, 0.1) is 6.54 Å². The summed E-state index contributed by atoms with van der Waals surface area (Å²) < 4.78 is 0. The van der Waals surface area contributed by atoms with Crippen LogP contribution < -0.4 is 5.32 Å². The Morgan fingerprint density at radius 1 is 1.36 bits per heavy atom. The molecule has 1 fully saturated rings. The van der Waals surface area contributed by atoms with Crippen LogP contribution in [-0.2, 0) is 4.79 Å². The van der Waals surface area contributed by atoms with Crippen molar-refractivity contribution in [2.45, 2.75) is 32.1 Å². The van der Waals surface area contributed by atoms with Crippen LogP contribution in [-0.4, -0.2) is 19.4 Å². The van der Waals surface area contributed by atoms with E-state index in [4.69, 9.17) is 0 Å². The van der Waals surface area contributed by atoms with Gasteiger partial charge in [0.25, 0.3) is 0 Å². The first-order valence-electron chi connectivity index (χ1n) is 4.58. The van der Waals surface area contributed by atoms with Crippen molar-refractivity contribution in [3.05, 3.63) is 0 Å². The van der Waals surface area contributed by atoms with Gasteiger partial charge in [-0.15, -0.1) is 0 Å². The smallest absolute Gasteiger partial charge is 0.133 e. The van der Waals surface area contributed by atoms with Crippen LogP contribution in [0.4, 0.5) is 0 Å². The van der Waals surface area contributed by atoms with E-state index in [-0.39, 0.29) is 0 Å². The molecule has 0 aromatic carbocycles. The largest absolute Gasteiger partial charge is 0.310 e. The summed E-state index contributed by atoms with van der Waals surface area (Å²) in [6, 6.07) is 0. The second kappa shape index (κ2) is 5.30. The Morgan fingerprint density at radius 2 is 2.09 bits per heavy atom. The molecule has 0 radical (unpaired) electrons. The molecule has 0 unspecified atom stereocenters. The quantitative estimate of drug-likeness (QED) is 0.479. The first-order chi connectivity index (χ1) is 5.43. The van der Waals surface area contributed by atoms with Gasteiger partial charge in [-0.05, 0) is 18.9 Å². The molecule has 0 bridgehead atoms. The fraction of sp³-hybridized carbons (Fsp3) is 0.889. The summed E-state index contributed by atoms with van der Waals surface area (Å²) in [7, 11) is 0. The summed E-state index contributed by atoms with van der Waals surface area (Å²) >= 11 is 0. The summed E-state index contributed by atoms with van der Waals surface area (Å²) in [5.74, 6) is 0.939. The van der Waals surface area contributed by atoms with Gasteiger partial charge in [-0.1, -0.05) is 25.7 Å². The lowest BCUT2D eigenvalue weighted by molar-refractivity contribution is -0.107. The lowest BCUT2D eigenvalue weighted by Gasteiger charge is -2.07. The zero-order valence-corrected chi connectivity index (χ0v) is 7.01. The Hall–Kier alpha value is -0.370. The molecule has 0 atom stereocenters. The summed E-state index contributed by atoms with van der Waals surface area (Å²) in [4.78, 5) is 9.94. The molecule has 0 saturated heterocycles. The summed E-state index contributed by atoms with van der Waals surface area (Å²) in [6.45, 7) is 1.54. The maximum atomic E-state index is 9.94. The average Bonchev–Trinajstić information content (AvgIpc) is 2.50. The van der Waals surface area contributed by atoms with Crippen LogP contribution in [0.5, 0.6) is 0 Å². The van der Waals surface area contributed by atoms with Crippen LogP contribution in [0.3, 0.4) is 0 Å². The SMILES string of the molecule is O=CCNCCC1CCCC1. The van der Waals surface area contributed by atoms with Crippen molar-refractivity contribution >= 4 is 6.29 Å². The van der Waals surface area contributed by atoms with Gasteiger partial charge in [-0.3, -0.25) is 0 Å². The molecule has 2 heteroatoms. The van der Waals surface area contributed by atoms with E-state index in [2.05, 4.69) is 5.32 Å². The molecule has 1 aliphatic carbocycles. The van der Waals surface area contributed by atoms with E-state index >= 15 is 0 Å². The molecule has 0 heterocycles. The fourth-order valence-electron chi connectivity index (χ4n) is 1.77. The minimum atomic E-state index is 0.521. The van der Waals surface area contributed by atoms with Crippen LogP contribution in [0, 0.1) is 5.92 Å². The fourth-order valence-corrected chi connectivity index (χ4v) is 1.77. The Kier molecular flexibility index (Phi) is 4.21. The molecular weight excluding hydrogens is 138 g/mol. The van der Waals surface area contributed by atoms with Crippen LogP contribution >= 0.6 is 0 Å². The third-order valence-electron chi connectivity index (χ3n) is 2.43. The van der Waals surface area contributed by atoms with Crippen molar-refractivity contribution < 1.29 is 4.79 Å². The third-order valence-corrected chi connectivity index (χ3v) is 2.43. The van der Waals surface area contributed by atoms with E-state index in [1.54, 1.807) is 0 Å². The number of carbonyl (C=O) groups is 1. The number of nitrogens with one attached hydrogen (secondary N) is 1. The molecule has 2 nitrogen and oxygen atoms in total. The van der Waals surface area contributed by atoms with E-state index in [0.29, 0.717) is 6.54 Å². The number of carbonyl (C=O) groups excluding carboxylic acids is 1. The summed E-state index contributed by atoms with van der Waals surface area (Å²) in [5, 5.41) is 3.09. The van der Waals surface area contributed by atoms with Crippen molar-refractivity contribution in [2.75, 3.05) is 13.1 Å². The van der Waals surface area contributed by atoms with E-state index < -0.39 is 0 Å². The summed E-state index contributed by atoms with van der Waals surface area (Å²) in [5.41, 5.74) is 0. The van der Waals surface area contributed by atoms with Crippen LogP contribution in [0.15, 0.2) is 0 Å². The van der Waals surface area contributed by atoms with Crippen molar-refractivity contribution in [2.24, 2.45) is 5.92 Å². The summed E-state index contributed by atoms with van der Waals surface area (Å²) in [6.07, 6.45) is 7.82. The Balaban J connectivity index is 1.89. The van der Waals surface area contributed by atoms with E-state index in [0.717, 1.165) is 18.7 Å². The second-order valence-corrected chi connectivity index (χ2v) is 3.31. The highest BCUT2D eigenvalue weighted by Crippen LogP contribution is 2.26. The Bertz CT molecular complexity index is 108. The standard InChI is InChI=1S/C9H17NO/c11-8-7-10-6-5-9-3-1-2-4-9/h8-10H,1-7H2. The minimum absolute atomic E-state index is 0.521. The molecule has 0 aromatic heterocycles. The molecule has 0 aliphatic heterocycles. The first kappa shape index (κ1) is 8.72. The predicted molar refractivity (Wildman–Crippen MR) is 45.5 cm³/mol. The lowest BCUT2D eigenvalue weighted by Crippen LogP contribution is -2.19. The molecule has 0 amide bonds. The zero-order valence-electron chi connectivity index (χ0n) is 7.01. The molecular formula is C9H17NO. The second-order valence-electron chi connectivity index (χ2n) is 3.31. The van der Waals surface area contributed by atoms with Crippen molar-refractivity contribution in [1.82, 2.24) is 5.32 Å². The van der Waals surface area contributed by atoms with E-state index in [1.807, 2.05) is 0 Å². The third kappa shape index (κ3) is 3.51. The van der Waals surface area contributed by atoms with E-state index in [9.17, 15) is 4.79 Å². The van der Waals surface area contributed by atoms with Gasteiger partial charge < -0.3 is 10.1 Å². The Labute approximate surface area is 68.4 Å². The van der Waals surface area contributed by atoms with E-state index in [1.165, 1.54) is 32.1 Å². The molecule has 1 saturated carbocycles. The lowest BCUT2D eigenvalue weighted by atomic mass is 10.0. The van der Waals surface area contributed by atoms with Crippen molar-refractivity contribution in [3.63, 3.8) is 0 Å². The molecule has 1 N–H and O–H groups in total. The molecule has 1 aliphatic rings. The normalized spacial score (nSPS) is 18.9. The van der Waals surface area contributed by atoms with Crippen LogP contribution in [0.25, 0.3) is 0 Å². The maximum absolute atomic E-state index is 9.94. The highest BCUT2D eigenvalue weighted by atomic mass is 16.1. The van der Waals surface area contributed by atoms with Gasteiger partial charge in [0, 0.05) is 0 Å². The molecule has 0 aromatic rings. The van der Waals surface area contributed by atoms with Crippen LogP contribution in [0.2, 0.25) is 0 Å². The molecule has 0 spiro atoms. The Morgan fingerprint density at radius 3 is 2.73 bits per heavy atom. The highest BCUT2D eigenvalue weighted by molar-refractivity contribution is 5.51. The predicted octanol–water partition coefficient (Wildman–Crippen LogP) is 1.36. The van der Waals surface area contributed by atoms with Gasteiger partial charge in [-0.2, -0.15) is 0 Å². The number of hydrogen-bond donors (Lipinski definition) is 1. The van der Waals surface area contributed by atoms with Gasteiger partial charge in [0.15, 0.2) is 0 Å². The first-order valence-corrected chi connectivity index (χ1v) is 4.58. The molecule has 64 valence electrons. The average molecular weight is 155 g/mol. The molecule has 1 rings (SSSR count). The zero-order chi connectivity index (χ0) is 7.94. The van der Waals surface area contributed by atoms with Gasteiger partial charge in [0.1, 0.15) is 6.29 Å². The highest BCUT2D eigenvalue weighted by Gasteiger charge is 2.13. The number of rotatable bonds is 5. The van der Waals surface area contributed by atoms with Crippen molar-refractivity contribution in [1.29, 1.82) is 0 Å².